The highest BCUT2D eigenvalue weighted by Gasteiger charge is 2.25. The van der Waals surface area contributed by atoms with E-state index < -0.39 is 0 Å². The SMILES string of the molecule is COCCN(C(C)COC)C(C)C(=O)OC. The summed E-state index contributed by atoms with van der Waals surface area (Å²) in [4.78, 5) is 13.5. The van der Waals surface area contributed by atoms with Crippen molar-refractivity contribution in [2.75, 3.05) is 41.1 Å². The minimum absolute atomic E-state index is 0.147. The molecule has 0 aromatic heterocycles. The van der Waals surface area contributed by atoms with Gasteiger partial charge in [0.1, 0.15) is 6.04 Å². The maximum Gasteiger partial charge on any atom is 0.322 e. The summed E-state index contributed by atoms with van der Waals surface area (Å²) < 4.78 is 14.9. The smallest absolute Gasteiger partial charge is 0.322 e. The van der Waals surface area contributed by atoms with Gasteiger partial charge in [-0.2, -0.15) is 0 Å². The largest absolute Gasteiger partial charge is 0.468 e. The number of hydrogen-bond acceptors (Lipinski definition) is 5. The van der Waals surface area contributed by atoms with Crippen LogP contribution in [0.4, 0.5) is 0 Å². The molecule has 0 amide bonds. The van der Waals surface area contributed by atoms with Crippen LogP contribution in [-0.4, -0.2) is 64.0 Å². The number of carbonyl (C=O) groups is 1. The number of hydrogen-bond donors (Lipinski definition) is 0. The van der Waals surface area contributed by atoms with E-state index in [1.807, 2.05) is 18.7 Å². The molecule has 0 saturated heterocycles. The Morgan fingerprint density at radius 3 is 2.25 bits per heavy atom. The average molecular weight is 233 g/mol. The van der Waals surface area contributed by atoms with Crippen LogP contribution < -0.4 is 0 Å². The number of methoxy groups -OCH3 is 3. The van der Waals surface area contributed by atoms with Crippen molar-refractivity contribution in [2.45, 2.75) is 25.9 Å². The Hall–Kier alpha value is -0.650. The van der Waals surface area contributed by atoms with Crippen molar-refractivity contribution < 1.29 is 19.0 Å². The predicted octanol–water partition coefficient (Wildman–Crippen LogP) is 0.531. The van der Waals surface area contributed by atoms with Crippen molar-refractivity contribution in [2.24, 2.45) is 0 Å². The van der Waals surface area contributed by atoms with Gasteiger partial charge in [-0.1, -0.05) is 0 Å². The van der Waals surface area contributed by atoms with Crippen LogP contribution in [-0.2, 0) is 19.0 Å². The first-order valence-corrected chi connectivity index (χ1v) is 5.39. The van der Waals surface area contributed by atoms with E-state index >= 15 is 0 Å². The van der Waals surface area contributed by atoms with E-state index in [1.54, 1.807) is 14.2 Å². The highest BCUT2D eigenvalue weighted by Crippen LogP contribution is 2.07. The highest BCUT2D eigenvalue weighted by molar-refractivity contribution is 5.75. The van der Waals surface area contributed by atoms with Crippen molar-refractivity contribution in [1.29, 1.82) is 0 Å². The maximum absolute atomic E-state index is 11.5. The molecule has 96 valence electrons. The summed E-state index contributed by atoms with van der Waals surface area (Å²) in [6.07, 6.45) is 0. The van der Waals surface area contributed by atoms with E-state index in [1.165, 1.54) is 7.11 Å². The molecule has 0 aliphatic rings. The molecule has 5 heteroatoms. The Kier molecular flexibility index (Phi) is 8.15. The molecule has 2 atom stereocenters. The van der Waals surface area contributed by atoms with Gasteiger partial charge in [0.2, 0.25) is 0 Å². The second-order valence-electron chi connectivity index (χ2n) is 3.73. The van der Waals surface area contributed by atoms with E-state index in [2.05, 4.69) is 0 Å². The molecule has 5 nitrogen and oxygen atoms in total. The Morgan fingerprint density at radius 2 is 1.81 bits per heavy atom. The fourth-order valence-electron chi connectivity index (χ4n) is 1.64. The van der Waals surface area contributed by atoms with E-state index in [0.29, 0.717) is 19.8 Å². The molecule has 16 heavy (non-hydrogen) atoms. The molecule has 0 aliphatic heterocycles. The predicted molar refractivity (Wildman–Crippen MR) is 61.4 cm³/mol. The fraction of sp³-hybridized carbons (Fsp3) is 0.909. The summed E-state index contributed by atoms with van der Waals surface area (Å²) in [5, 5.41) is 0. The number of nitrogens with zero attached hydrogens (tertiary/aromatic N) is 1. The van der Waals surface area contributed by atoms with Crippen molar-refractivity contribution >= 4 is 5.97 Å². The maximum atomic E-state index is 11.5. The molecule has 0 heterocycles. The van der Waals surface area contributed by atoms with Gasteiger partial charge in [0.25, 0.3) is 0 Å². The van der Waals surface area contributed by atoms with Gasteiger partial charge in [-0.15, -0.1) is 0 Å². The molecule has 0 radical (unpaired) electrons. The topological polar surface area (TPSA) is 48.0 Å². The van der Waals surface area contributed by atoms with Crippen LogP contribution in [0.25, 0.3) is 0 Å². The van der Waals surface area contributed by atoms with Gasteiger partial charge in [0.15, 0.2) is 0 Å². The number of esters is 1. The first-order chi connectivity index (χ1) is 7.58. The van der Waals surface area contributed by atoms with Gasteiger partial charge in [-0.3, -0.25) is 9.69 Å². The van der Waals surface area contributed by atoms with Gasteiger partial charge in [0.05, 0.1) is 20.3 Å². The van der Waals surface area contributed by atoms with Gasteiger partial charge in [-0.05, 0) is 13.8 Å². The molecule has 0 saturated carbocycles. The molecule has 0 aliphatic carbocycles. The van der Waals surface area contributed by atoms with Crippen LogP contribution in [0.1, 0.15) is 13.8 Å². The van der Waals surface area contributed by atoms with Gasteiger partial charge < -0.3 is 14.2 Å². The molecule has 0 spiro atoms. The minimum atomic E-state index is -0.287. The molecule has 0 bridgehead atoms. The summed E-state index contributed by atoms with van der Waals surface area (Å²) in [6.45, 7) is 5.67. The van der Waals surface area contributed by atoms with Gasteiger partial charge in [0, 0.05) is 26.8 Å². The molecule has 0 aromatic carbocycles. The third kappa shape index (κ3) is 4.92. The lowest BCUT2D eigenvalue weighted by atomic mass is 10.2. The zero-order chi connectivity index (χ0) is 12.6. The molecular formula is C11H23NO4. The molecule has 2 unspecified atom stereocenters. The summed E-state index contributed by atoms with van der Waals surface area (Å²) in [5.74, 6) is -0.237. The minimum Gasteiger partial charge on any atom is -0.468 e. The Labute approximate surface area is 97.7 Å². The summed E-state index contributed by atoms with van der Waals surface area (Å²) >= 11 is 0. The number of carbonyl (C=O) groups excluding carboxylic acids is 1. The van der Waals surface area contributed by atoms with E-state index in [-0.39, 0.29) is 18.1 Å². The van der Waals surface area contributed by atoms with Crippen LogP contribution >= 0.6 is 0 Å². The lowest BCUT2D eigenvalue weighted by molar-refractivity contribution is -0.147. The van der Waals surface area contributed by atoms with Crippen molar-refractivity contribution in [3.8, 4) is 0 Å². The van der Waals surface area contributed by atoms with Gasteiger partial charge >= 0.3 is 5.97 Å². The van der Waals surface area contributed by atoms with Gasteiger partial charge in [-0.25, -0.2) is 0 Å². The molecular weight excluding hydrogens is 210 g/mol. The lowest BCUT2D eigenvalue weighted by Crippen LogP contribution is -2.48. The van der Waals surface area contributed by atoms with Crippen LogP contribution in [0.3, 0.4) is 0 Å². The molecule has 0 fully saturated rings. The Bertz CT molecular complexity index is 198. The van der Waals surface area contributed by atoms with Crippen LogP contribution in [0, 0.1) is 0 Å². The zero-order valence-electron chi connectivity index (χ0n) is 10.9. The second kappa shape index (κ2) is 8.50. The summed E-state index contributed by atoms with van der Waals surface area (Å²) in [7, 11) is 4.68. The van der Waals surface area contributed by atoms with Crippen molar-refractivity contribution in [3.05, 3.63) is 0 Å². The van der Waals surface area contributed by atoms with Crippen LogP contribution in [0.5, 0.6) is 0 Å². The molecule has 0 N–H and O–H groups in total. The van der Waals surface area contributed by atoms with Crippen molar-refractivity contribution in [1.82, 2.24) is 4.90 Å². The normalized spacial score (nSPS) is 14.9. The first-order valence-electron chi connectivity index (χ1n) is 5.39. The fourth-order valence-corrected chi connectivity index (χ4v) is 1.64. The van der Waals surface area contributed by atoms with Crippen LogP contribution in [0.15, 0.2) is 0 Å². The third-order valence-corrected chi connectivity index (χ3v) is 2.57. The van der Waals surface area contributed by atoms with E-state index in [0.717, 1.165) is 0 Å². The number of ether oxygens (including phenoxy) is 3. The molecule has 0 rings (SSSR count). The Morgan fingerprint density at radius 1 is 1.19 bits per heavy atom. The van der Waals surface area contributed by atoms with E-state index in [9.17, 15) is 4.79 Å². The second-order valence-corrected chi connectivity index (χ2v) is 3.73. The quantitative estimate of drug-likeness (QED) is 0.572. The first kappa shape index (κ1) is 15.3. The van der Waals surface area contributed by atoms with Crippen LogP contribution in [0.2, 0.25) is 0 Å². The average Bonchev–Trinajstić information content (AvgIpc) is 2.28. The monoisotopic (exact) mass is 233 g/mol. The lowest BCUT2D eigenvalue weighted by Gasteiger charge is -2.32. The third-order valence-electron chi connectivity index (χ3n) is 2.57. The van der Waals surface area contributed by atoms with E-state index in [4.69, 9.17) is 14.2 Å². The number of rotatable bonds is 8. The summed E-state index contributed by atoms with van der Waals surface area (Å²) in [5.41, 5.74) is 0. The Balaban J connectivity index is 4.44. The molecule has 0 aromatic rings. The summed E-state index contributed by atoms with van der Waals surface area (Å²) in [6, 6.07) is -0.139. The highest BCUT2D eigenvalue weighted by atomic mass is 16.5. The zero-order valence-corrected chi connectivity index (χ0v) is 10.9. The standard InChI is InChI=1S/C11H23NO4/c1-9(8-15-4)12(6-7-14-3)10(2)11(13)16-5/h9-10H,6-8H2,1-5H3. The van der Waals surface area contributed by atoms with Crippen molar-refractivity contribution in [3.63, 3.8) is 0 Å².